The van der Waals surface area contributed by atoms with Crippen LogP contribution in [-0.4, -0.2) is 18.2 Å². The predicted octanol–water partition coefficient (Wildman–Crippen LogP) is 5.67. The van der Waals surface area contributed by atoms with Crippen LogP contribution in [0.3, 0.4) is 0 Å². The Morgan fingerprint density at radius 3 is 2.12 bits per heavy atom. The Morgan fingerprint density at radius 1 is 0.875 bits per heavy atom. The maximum atomic E-state index is 3.60. The molecule has 0 aromatic carbocycles. The third-order valence-electron chi connectivity index (χ3n) is 2.61. The summed E-state index contributed by atoms with van der Waals surface area (Å²) in [6, 6.07) is 0. The van der Waals surface area contributed by atoms with Gasteiger partial charge in [-0.3, -0.25) is 0 Å². The SMILES string of the molecule is CCCC/C=C\C=C\CCCCC[CH2][Mg][Br]. The van der Waals surface area contributed by atoms with E-state index in [9.17, 15) is 0 Å². The Balaban J connectivity index is 3.12. The van der Waals surface area contributed by atoms with Gasteiger partial charge in [0.05, 0.1) is 0 Å². The molecule has 0 spiro atoms. The largest absolute Gasteiger partial charge is 0.468 e. The quantitative estimate of drug-likeness (QED) is 0.262. The summed E-state index contributed by atoms with van der Waals surface area (Å²) in [4.78, 5) is 0. The Bertz CT molecular complexity index is 176. The predicted molar refractivity (Wildman–Crippen MR) is 80.4 cm³/mol. The van der Waals surface area contributed by atoms with Crippen LogP contribution in [0.5, 0.6) is 0 Å². The Hall–Kier alpha value is 0.726. The highest BCUT2D eigenvalue weighted by atomic mass is 79.9. The van der Waals surface area contributed by atoms with Gasteiger partial charge >= 0.3 is 18.2 Å². The van der Waals surface area contributed by atoms with Crippen LogP contribution in [0.2, 0.25) is 4.55 Å². The van der Waals surface area contributed by atoms with Crippen molar-refractivity contribution in [2.45, 2.75) is 62.8 Å². The molecule has 0 N–H and O–H groups in total. The molecule has 0 bridgehead atoms. The van der Waals surface area contributed by atoms with Crippen molar-refractivity contribution in [1.29, 1.82) is 0 Å². The Kier molecular flexibility index (Phi) is 16.4. The Labute approximate surface area is 118 Å². The summed E-state index contributed by atoms with van der Waals surface area (Å²) in [5.41, 5.74) is 0. The first kappa shape index (κ1) is 16.7. The lowest BCUT2D eigenvalue weighted by Gasteiger charge is -1.96. The lowest BCUT2D eigenvalue weighted by atomic mass is 10.1. The number of hydrogen-bond acceptors (Lipinski definition) is 0. The lowest BCUT2D eigenvalue weighted by Crippen LogP contribution is -1.79. The number of allylic oxidation sites excluding steroid dienone is 4. The maximum absolute atomic E-state index is 3.60. The van der Waals surface area contributed by atoms with Gasteiger partial charge < -0.3 is 12.9 Å². The molecule has 16 heavy (non-hydrogen) atoms. The standard InChI is InChI=1S/C14H25.BrH.Mg/c1-3-5-7-9-11-13-14-12-10-8-6-4-2;;/h10,12-14H,1,3-9,11H2,2H3;1H;/q;;+1/p-1/b12-10-,14-13+;;. The molecule has 0 aliphatic heterocycles. The highest BCUT2D eigenvalue weighted by Gasteiger charge is 1.90. The summed E-state index contributed by atoms with van der Waals surface area (Å²) >= 11 is 3.74. The van der Waals surface area contributed by atoms with Crippen LogP contribution in [0.25, 0.3) is 0 Å². The fourth-order valence-electron chi connectivity index (χ4n) is 1.56. The molecule has 0 aliphatic rings. The van der Waals surface area contributed by atoms with Crippen molar-refractivity contribution in [3.8, 4) is 0 Å². The van der Waals surface area contributed by atoms with E-state index in [0.29, 0.717) is 0 Å². The molecule has 0 atom stereocenters. The lowest BCUT2D eigenvalue weighted by molar-refractivity contribution is 0.674. The van der Waals surface area contributed by atoms with Crippen LogP contribution in [0.1, 0.15) is 58.3 Å². The van der Waals surface area contributed by atoms with Crippen LogP contribution in [0.4, 0.5) is 0 Å². The summed E-state index contributed by atoms with van der Waals surface area (Å²) < 4.78 is 1.47. The maximum Gasteiger partial charge on any atom is 0.468 e. The first-order valence-corrected chi connectivity index (χ1v) is 11.7. The zero-order valence-corrected chi connectivity index (χ0v) is 13.8. The molecule has 90 valence electrons. The zero-order valence-electron chi connectivity index (χ0n) is 10.8. The van der Waals surface area contributed by atoms with Crippen LogP contribution in [0, 0.1) is 0 Å². The van der Waals surface area contributed by atoms with Crippen LogP contribution in [0.15, 0.2) is 24.3 Å². The molecule has 0 amide bonds. The van der Waals surface area contributed by atoms with Gasteiger partial charge in [-0.1, -0.05) is 63.3 Å². The van der Waals surface area contributed by atoms with Crippen molar-refractivity contribution in [2.75, 3.05) is 0 Å². The van der Waals surface area contributed by atoms with E-state index in [1.165, 1.54) is 55.9 Å². The molecule has 2 heteroatoms. The van der Waals surface area contributed by atoms with Crippen molar-refractivity contribution in [2.24, 2.45) is 0 Å². The normalized spacial score (nSPS) is 11.4. The van der Waals surface area contributed by atoms with Gasteiger partial charge in [-0.2, -0.15) is 0 Å². The number of halogens is 1. The third kappa shape index (κ3) is 14.7. The molecule has 0 radical (unpaired) electrons. The van der Waals surface area contributed by atoms with E-state index in [1.807, 2.05) is 0 Å². The first-order chi connectivity index (χ1) is 7.91. The van der Waals surface area contributed by atoms with Crippen molar-refractivity contribution < 1.29 is 0 Å². The van der Waals surface area contributed by atoms with E-state index in [0.717, 1.165) is 0 Å². The Morgan fingerprint density at radius 2 is 1.50 bits per heavy atom. The summed E-state index contributed by atoms with van der Waals surface area (Å²) in [5.74, 6) is 0. The average molecular weight is 298 g/mol. The molecule has 0 aliphatic carbocycles. The van der Waals surface area contributed by atoms with Gasteiger partial charge in [0.15, 0.2) is 0 Å². The second kappa shape index (κ2) is 15.7. The number of hydrogen-bond donors (Lipinski definition) is 0. The van der Waals surface area contributed by atoms with Gasteiger partial charge in [0, 0.05) is 0 Å². The van der Waals surface area contributed by atoms with E-state index in [4.69, 9.17) is 0 Å². The van der Waals surface area contributed by atoms with Crippen molar-refractivity contribution in [3.63, 3.8) is 0 Å². The van der Waals surface area contributed by atoms with Gasteiger partial charge in [0.25, 0.3) is 0 Å². The molecule has 0 rings (SSSR count). The van der Waals surface area contributed by atoms with E-state index in [-0.39, 0.29) is 18.2 Å². The summed E-state index contributed by atoms with van der Waals surface area (Å²) in [5, 5.41) is 0. The van der Waals surface area contributed by atoms with Gasteiger partial charge in [-0.15, -0.1) is 4.55 Å². The minimum absolute atomic E-state index is 0.145. The monoisotopic (exact) mass is 296 g/mol. The van der Waals surface area contributed by atoms with Gasteiger partial charge in [-0.25, -0.2) is 0 Å². The zero-order chi connectivity index (χ0) is 11.9. The van der Waals surface area contributed by atoms with Crippen molar-refractivity contribution in [3.05, 3.63) is 24.3 Å². The third-order valence-corrected chi connectivity index (χ3v) is 5.06. The summed E-state index contributed by atoms with van der Waals surface area (Å²) in [6.45, 7) is 2.24. The first-order valence-electron chi connectivity index (χ1n) is 6.79. The molecule has 0 fully saturated rings. The molecular weight excluding hydrogens is 272 g/mol. The van der Waals surface area contributed by atoms with E-state index in [2.05, 4.69) is 44.1 Å². The van der Waals surface area contributed by atoms with E-state index < -0.39 is 0 Å². The van der Waals surface area contributed by atoms with Crippen LogP contribution < -0.4 is 0 Å². The highest BCUT2D eigenvalue weighted by molar-refractivity contribution is 9.23. The molecule has 0 nitrogen and oxygen atoms in total. The molecule has 0 saturated carbocycles. The van der Waals surface area contributed by atoms with Gasteiger partial charge in [0.1, 0.15) is 0 Å². The van der Waals surface area contributed by atoms with Gasteiger partial charge in [0.2, 0.25) is 0 Å². The molecule has 0 aromatic rings. The summed E-state index contributed by atoms with van der Waals surface area (Å²) in [7, 11) is 0. The molecule has 0 unspecified atom stereocenters. The average Bonchev–Trinajstić information content (AvgIpc) is 2.31. The van der Waals surface area contributed by atoms with Crippen molar-refractivity contribution >= 4 is 31.1 Å². The second-order valence-electron chi connectivity index (χ2n) is 4.24. The highest BCUT2D eigenvalue weighted by Crippen LogP contribution is 2.06. The van der Waals surface area contributed by atoms with Crippen LogP contribution >= 0.6 is 12.9 Å². The van der Waals surface area contributed by atoms with E-state index in [1.54, 1.807) is 0 Å². The fraction of sp³-hybridized carbons (Fsp3) is 0.714. The minimum Gasteiger partial charge on any atom is -0.307 e. The number of rotatable bonds is 11. The topological polar surface area (TPSA) is 0 Å². The smallest absolute Gasteiger partial charge is 0.307 e. The van der Waals surface area contributed by atoms with Gasteiger partial charge in [-0.05, 0) is 19.3 Å². The van der Waals surface area contributed by atoms with E-state index >= 15 is 0 Å². The molecule has 0 saturated heterocycles. The molecular formula is C14H25BrMg. The minimum atomic E-state index is 0.145. The summed E-state index contributed by atoms with van der Waals surface area (Å²) in [6.07, 6.45) is 19.7. The fourth-order valence-corrected chi connectivity index (χ4v) is 3.29. The van der Waals surface area contributed by atoms with Crippen molar-refractivity contribution in [1.82, 2.24) is 0 Å². The second-order valence-corrected chi connectivity index (χ2v) is 7.71. The van der Waals surface area contributed by atoms with Crippen LogP contribution in [-0.2, 0) is 0 Å². The number of unbranched alkanes of at least 4 members (excludes halogenated alkanes) is 6. The molecule has 0 heterocycles. The molecule has 0 aromatic heterocycles.